The standard InChI is InChI=1S/C27H36N4O3/c1-5-34-25-8-6-20(7-9-25)14-23-15-22-16-24(30(4)27(32)29-19(2)3)17-28-26(22)31(23)18-21-10-12-33-13-11-21/h6-9,15-17,19,21H,5,10-14,18H2,1-4H3,(H,29,32). The van der Waals surface area contributed by atoms with Crippen LogP contribution < -0.4 is 15.0 Å². The van der Waals surface area contributed by atoms with E-state index >= 15 is 0 Å². The van der Waals surface area contributed by atoms with Gasteiger partial charge in [0, 0.05) is 50.3 Å². The first-order valence-electron chi connectivity index (χ1n) is 12.3. The lowest BCUT2D eigenvalue weighted by molar-refractivity contribution is 0.0614. The fourth-order valence-corrected chi connectivity index (χ4v) is 4.45. The molecule has 3 aromatic rings. The fourth-order valence-electron chi connectivity index (χ4n) is 4.45. The third kappa shape index (κ3) is 5.70. The highest BCUT2D eigenvalue weighted by Crippen LogP contribution is 2.28. The Morgan fingerprint density at radius 2 is 1.97 bits per heavy atom. The van der Waals surface area contributed by atoms with Crippen molar-refractivity contribution in [3.05, 3.63) is 53.9 Å². The first-order valence-corrected chi connectivity index (χ1v) is 12.3. The van der Waals surface area contributed by atoms with E-state index in [-0.39, 0.29) is 12.1 Å². The second kappa shape index (κ2) is 10.9. The van der Waals surface area contributed by atoms with Crippen molar-refractivity contribution in [2.75, 3.05) is 31.8 Å². The predicted molar refractivity (Wildman–Crippen MR) is 136 cm³/mol. The summed E-state index contributed by atoms with van der Waals surface area (Å²) in [5.74, 6) is 1.47. The zero-order valence-electron chi connectivity index (χ0n) is 20.7. The molecule has 7 heteroatoms. The van der Waals surface area contributed by atoms with Crippen LogP contribution in [0.15, 0.2) is 42.6 Å². The minimum atomic E-state index is -0.132. The lowest BCUT2D eigenvalue weighted by atomic mass is 10.00. The molecule has 0 bridgehead atoms. The van der Waals surface area contributed by atoms with Crippen LogP contribution in [0, 0.1) is 5.92 Å². The molecule has 4 rings (SSSR count). The molecule has 1 aromatic carbocycles. The Morgan fingerprint density at radius 1 is 1.24 bits per heavy atom. The number of fused-ring (bicyclic) bond motifs is 1. The molecule has 1 fully saturated rings. The van der Waals surface area contributed by atoms with Crippen LogP contribution in [-0.2, 0) is 17.7 Å². The number of hydrogen-bond acceptors (Lipinski definition) is 4. The maximum Gasteiger partial charge on any atom is 0.321 e. The Morgan fingerprint density at radius 3 is 2.65 bits per heavy atom. The Bertz CT molecular complexity index is 1100. The number of rotatable bonds is 8. The van der Waals surface area contributed by atoms with Gasteiger partial charge in [0.1, 0.15) is 11.4 Å². The van der Waals surface area contributed by atoms with E-state index in [2.05, 4.69) is 34.1 Å². The van der Waals surface area contributed by atoms with Crippen LogP contribution in [0.5, 0.6) is 5.75 Å². The number of ether oxygens (including phenoxy) is 2. The number of nitrogens with one attached hydrogen (secondary N) is 1. The molecular weight excluding hydrogens is 428 g/mol. The van der Waals surface area contributed by atoms with Gasteiger partial charge in [-0.3, -0.25) is 4.90 Å². The van der Waals surface area contributed by atoms with Crippen LogP contribution in [0.4, 0.5) is 10.5 Å². The molecule has 34 heavy (non-hydrogen) atoms. The van der Waals surface area contributed by atoms with Gasteiger partial charge < -0.3 is 19.4 Å². The van der Waals surface area contributed by atoms with Crippen molar-refractivity contribution in [3.8, 4) is 5.75 Å². The Balaban J connectivity index is 1.65. The number of nitrogens with zero attached hydrogens (tertiary/aromatic N) is 3. The third-order valence-corrected chi connectivity index (χ3v) is 6.31. The average molecular weight is 465 g/mol. The van der Waals surface area contributed by atoms with Gasteiger partial charge in [0.2, 0.25) is 0 Å². The summed E-state index contributed by atoms with van der Waals surface area (Å²) in [7, 11) is 1.78. The van der Waals surface area contributed by atoms with E-state index in [9.17, 15) is 4.79 Å². The Labute approximate surface area is 202 Å². The number of urea groups is 1. The number of carbonyl (C=O) groups is 1. The number of aromatic nitrogens is 2. The molecule has 2 amide bonds. The van der Waals surface area contributed by atoms with Crippen molar-refractivity contribution < 1.29 is 14.3 Å². The van der Waals surface area contributed by atoms with Gasteiger partial charge in [0.25, 0.3) is 0 Å². The van der Waals surface area contributed by atoms with E-state index in [1.54, 1.807) is 18.1 Å². The molecular formula is C27H36N4O3. The molecule has 182 valence electrons. The van der Waals surface area contributed by atoms with Crippen molar-refractivity contribution in [2.24, 2.45) is 5.92 Å². The second-order valence-corrected chi connectivity index (χ2v) is 9.33. The van der Waals surface area contributed by atoms with Gasteiger partial charge in [0.05, 0.1) is 18.5 Å². The van der Waals surface area contributed by atoms with Crippen LogP contribution >= 0.6 is 0 Å². The largest absolute Gasteiger partial charge is 0.494 e. The molecule has 0 atom stereocenters. The second-order valence-electron chi connectivity index (χ2n) is 9.33. The molecule has 0 spiro atoms. The zero-order valence-corrected chi connectivity index (χ0v) is 20.7. The SMILES string of the molecule is CCOc1ccc(Cc2cc3cc(N(C)C(=O)NC(C)C)cnc3n2CC2CCOCC2)cc1. The van der Waals surface area contributed by atoms with Crippen molar-refractivity contribution in [2.45, 2.75) is 52.6 Å². The van der Waals surface area contributed by atoms with E-state index < -0.39 is 0 Å². The van der Waals surface area contributed by atoms with E-state index in [1.165, 1.54) is 11.3 Å². The molecule has 1 N–H and O–H groups in total. The third-order valence-electron chi connectivity index (χ3n) is 6.31. The smallest absolute Gasteiger partial charge is 0.321 e. The average Bonchev–Trinajstić information content (AvgIpc) is 3.16. The normalized spacial score (nSPS) is 14.5. The van der Waals surface area contributed by atoms with Crippen molar-refractivity contribution in [1.82, 2.24) is 14.9 Å². The molecule has 1 aliphatic heterocycles. The number of anilines is 1. The molecule has 0 unspecified atom stereocenters. The van der Waals surface area contributed by atoms with Crippen LogP contribution in [0.3, 0.4) is 0 Å². The maximum absolute atomic E-state index is 12.5. The van der Waals surface area contributed by atoms with Gasteiger partial charge in [-0.15, -0.1) is 0 Å². The Hall–Kier alpha value is -3.06. The quantitative estimate of drug-likeness (QED) is 0.509. The highest BCUT2D eigenvalue weighted by Gasteiger charge is 2.20. The van der Waals surface area contributed by atoms with E-state index in [4.69, 9.17) is 14.5 Å². The van der Waals surface area contributed by atoms with Crippen molar-refractivity contribution in [1.29, 1.82) is 0 Å². The number of carbonyl (C=O) groups excluding carboxylic acids is 1. The molecule has 0 radical (unpaired) electrons. The molecule has 1 saturated heterocycles. The van der Waals surface area contributed by atoms with Crippen molar-refractivity contribution >= 4 is 22.8 Å². The van der Waals surface area contributed by atoms with Gasteiger partial charge in [-0.2, -0.15) is 0 Å². The van der Waals surface area contributed by atoms with E-state index in [0.717, 1.165) is 61.5 Å². The summed E-state index contributed by atoms with van der Waals surface area (Å²) in [6.45, 7) is 9.14. The first kappa shape index (κ1) is 24.1. The number of benzene rings is 1. The Kier molecular flexibility index (Phi) is 7.73. The molecule has 0 aliphatic carbocycles. The number of amides is 2. The van der Waals surface area contributed by atoms with E-state index in [1.807, 2.05) is 32.9 Å². The summed E-state index contributed by atoms with van der Waals surface area (Å²) in [5.41, 5.74) is 4.20. The minimum Gasteiger partial charge on any atom is -0.494 e. The van der Waals surface area contributed by atoms with Crippen LogP contribution in [0.25, 0.3) is 11.0 Å². The monoisotopic (exact) mass is 464 g/mol. The van der Waals surface area contributed by atoms with Gasteiger partial charge in [0.15, 0.2) is 0 Å². The molecule has 1 aliphatic rings. The summed E-state index contributed by atoms with van der Waals surface area (Å²) in [6, 6.07) is 12.5. The number of hydrogen-bond donors (Lipinski definition) is 1. The first-order chi connectivity index (χ1) is 16.4. The molecule has 0 saturated carbocycles. The summed E-state index contributed by atoms with van der Waals surface area (Å²) >= 11 is 0. The summed E-state index contributed by atoms with van der Waals surface area (Å²) in [6.07, 6.45) is 4.74. The lowest BCUT2D eigenvalue weighted by Crippen LogP contribution is -2.40. The minimum absolute atomic E-state index is 0.0768. The van der Waals surface area contributed by atoms with Gasteiger partial charge >= 0.3 is 6.03 Å². The summed E-state index contributed by atoms with van der Waals surface area (Å²) in [4.78, 5) is 18.9. The lowest BCUT2D eigenvalue weighted by Gasteiger charge is -2.24. The van der Waals surface area contributed by atoms with Crippen LogP contribution in [0.2, 0.25) is 0 Å². The highest BCUT2D eigenvalue weighted by molar-refractivity contribution is 5.93. The van der Waals surface area contributed by atoms with Crippen LogP contribution in [-0.4, -0.2) is 48.5 Å². The summed E-state index contributed by atoms with van der Waals surface area (Å²) in [5, 5.41) is 3.99. The molecule has 3 heterocycles. The van der Waals surface area contributed by atoms with E-state index in [0.29, 0.717) is 12.5 Å². The van der Waals surface area contributed by atoms with Crippen molar-refractivity contribution in [3.63, 3.8) is 0 Å². The van der Waals surface area contributed by atoms with Gasteiger partial charge in [-0.25, -0.2) is 9.78 Å². The fraction of sp³-hybridized carbons (Fsp3) is 0.481. The zero-order chi connectivity index (χ0) is 24.1. The number of pyridine rings is 1. The van der Waals surface area contributed by atoms with Gasteiger partial charge in [-0.05, 0) is 69.4 Å². The predicted octanol–water partition coefficient (Wildman–Crippen LogP) is 5.01. The molecule has 7 nitrogen and oxygen atoms in total. The highest BCUT2D eigenvalue weighted by atomic mass is 16.5. The van der Waals surface area contributed by atoms with Gasteiger partial charge in [-0.1, -0.05) is 12.1 Å². The maximum atomic E-state index is 12.5. The van der Waals surface area contributed by atoms with Crippen LogP contribution in [0.1, 0.15) is 44.9 Å². The topological polar surface area (TPSA) is 68.6 Å². The summed E-state index contributed by atoms with van der Waals surface area (Å²) < 4.78 is 13.5. The molecule has 2 aromatic heterocycles.